The number of nitrogens with one attached hydrogen (secondary N) is 1. The number of hydrogen-bond acceptors (Lipinski definition) is 3. The molecule has 1 aromatic carbocycles. The molecule has 1 unspecified atom stereocenters. The van der Waals surface area contributed by atoms with Gasteiger partial charge in [0.15, 0.2) is 5.78 Å². The lowest BCUT2D eigenvalue weighted by Gasteiger charge is -2.39. The van der Waals surface area contributed by atoms with Gasteiger partial charge in [-0.15, -0.1) is 0 Å². The maximum absolute atomic E-state index is 12.2. The summed E-state index contributed by atoms with van der Waals surface area (Å²) < 4.78 is 5.62. The summed E-state index contributed by atoms with van der Waals surface area (Å²) in [5.41, 5.74) is 1.23. The Bertz CT molecular complexity index is 538. The number of fused-ring (bicyclic) bond motifs is 2. The fraction of sp³-hybridized carbons (Fsp3) is 0.429. The van der Waals surface area contributed by atoms with Gasteiger partial charge in [0.2, 0.25) is 5.91 Å². The minimum absolute atomic E-state index is 0.0458. The van der Waals surface area contributed by atoms with Crippen LogP contribution < -0.4 is 10.1 Å². The quantitative estimate of drug-likeness (QED) is 0.744. The molecule has 0 saturated carbocycles. The van der Waals surface area contributed by atoms with Crippen molar-refractivity contribution >= 4 is 11.7 Å². The van der Waals surface area contributed by atoms with E-state index in [9.17, 15) is 9.59 Å². The normalized spacial score (nSPS) is 26.5. The van der Waals surface area contributed by atoms with Gasteiger partial charge >= 0.3 is 0 Å². The molecule has 3 rings (SSSR count). The van der Waals surface area contributed by atoms with Gasteiger partial charge in [-0.25, -0.2) is 0 Å². The minimum atomic E-state index is -0.712. The van der Waals surface area contributed by atoms with E-state index in [0.717, 1.165) is 16.9 Å². The van der Waals surface area contributed by atoms with Crippen molar-refractivity contribution in [3.63, 3.8) is 0 Å². The summed E-state index contributed by atoms with van der Waals surface area (Å²) in [6, 6.07) is 5.81. The van der Waals surface area contributed by atoms with Gasteiger partial charge in [0.1, 0.15) is 5.75 Å². The van der Waals surface area contributed by atoms with E-state index in [-0.39, 0.29) is 24.7 Å². The lowest BCUT2D eigenvalue weighted by molar-refractivity contribution is -0.137. The highest BCUT2D eigenvalue weighted by Gasteiger charge is 2.48. The minimum Gasteiger partial charge on any atom is -0.493 e. The van der Waals surface area contributed by atoms with Crippen LogP contribution in [-0.4, -0.2) is 24.8 Å². The molecular formula is C14H15NO3. The molecule has 4 nitrogen and oxygen atoms in total. The number of ketones is 1. The second-order valence-corrected chi connectivity index (χ2v) is 5.08. The number of benzene rings is 1. The summed E-state index contributed by atoms with van der Waals surface area (Å²) in [5.74, 6) is 0.782. The molecule has 2 aliphatic rings. The van der Waals surface area contributed by atoms with Crippen molar-refractivity contribution in [2.75, 3.05) is 13.2 Å². The van der Waals surface area contributed by atoms with Crippen molar-refractivity contribution in [1.82, 2.24) is 5.32 Å². The van der Waals surface area contributed by atoms with Gasteiger partial charge in [-0.05, 0) is 18.6 Å². The summed E-state index contributed by atoms with van der Waals surface area (Å²) in [4.78, 5) is 23.9. The molecule has 1 spiro atoms. The first kappa shape index (κ1) is 11.3. The standard InChI is InChI=1S/C14H15NO3/c1-9-2-3-11-12(6-9)18-5-4-14(11)7-10(16)8-15-13(14)17/h2-3,6H,4-5,7-8H2,1H3,(H,15,17). The van der Waals surface area contributed by atoms with Crippen molar-refractivity contribution in [1.29, 1.82) is 0 Å². The molecule has 2 aliphatic heterocycles. The van der Waals surface area contributed by atoms with Crippen LogP contribution in [0.3, 0.4) is 0 Å². The summed E-state index contributed by atoms with van der Waals surface area (Å²) in [7, 11) is 0. The first-order valence-electron chi connectivity index (χ1n) is 6.16. The molecule has 0 radical (unpaired) electrons. The van der Waals surface area contributed by atoms with Crippen LogP contribution in [0.2, 0.25) is 0 Å². The lowest BCUT2D eigenvalue weighted by Crippen LogP contribution is -2.54. The fourth-order valence-corrected chi connectivity index (χ4v) is 2.86. The second-order valence-electron chi connectivity index (χ2n) is 5.08. The molecule has 0 aromatic heterocycles. The molecule has 0 bridgehead atoms. The molecule has 1 atom stereocenters. The highest BCUT2D eigenvalue weighted by atomic mass is 16.5. The molecule has 2 heterocycles. The van der Waals surface area contributed by atoms with Crippen LogP contribution in [0.1, 0.15) is 24.0 Å². The van der Waals surface area contributed by atoms with Crippen LogP contribution in [0.5, 0.6) is 5.75 Å². The zero-order chi connectivity index (χ0) is 12.8. The Morgan fingerprint density at radius 3 is 3.00 bits per heavy atom. The third-order valence-corrected chi connectivity index (χ3v) is 3.82. The van der Waals surface area contributed by atoms with Gasteiger partial charge in [-0.2, -0.15) is 0 Å². The average molecular weight is 245 g/mol. The zero-order valence-corrected chi connectivity index (χ0v) is 10.3. The number of carbonyl (C=O) groups is 2. The van der Waals surface area contributed by atoms with E-state index < -0.39 is 5.41 Å². The van der Waals surface area contributed by atoms with Gasteiger partial charge in [0.05, 0.1) is 18.6 Å². The molecule has 0 aliphatic carbocycles. The second kappa shape index (κ2) is 3.83. The van der Waals surface area contributed by atoms with Gasteiger partial charge in [0, 0.05) is 18.4 Å². The molecule has 1 amide bonds. The van der Waals surface area contributed by atoms with E-state index in [4.69, 9.17) is 4.74 Å². The van der Waals surface area contributed by atoms with Crippen LogP contribution in [0.15, 0.2) is 18.2 Å². The molecule has 18 heavy (non-hydrogen) atoms. The van der Waals surface area contributed by atoms with Crippen molar-refractivity contribution in [3.05, 3.63) is 29.3 Å². The molecule has 1 saturated heterocycles. The highest BCUT2D eigenvalue weighted by Crippen LogP contribution is 2.43. The fourth-order valence-electron chi connectivity index (χ4n) is 2.86. The number of piperidine rings is 1. The van der Waals surface area contributed by atoms with Gasteiger partial charge < -0.3 is 10.1 Å². The van der Waals surface area contributed by atoms with E-state index in [1.165, 1.54) is 0 Å². The Morgan fingerprint density at radius 1 is 1.33 bits per heavy atom. The lowest BCUT2D eigenvalue weighted by atomic mass is 9.70. The van der Waals surface area contributed by atoms with Crippen molar-refractivity contribution in [2.45, 2.75) is 25.2 Å². The number of rotatable bonds is 0. The van der Waals surface area contributed by atoms with E-state index >= 15 is 0 Å². The number of aryl methyl sites for hydroxylation is 1. The van der Waals surface area contributed by atoms with Gasteiger partial charge in [-0.1, -0.05) is 12.1 Å². The Kier molecular flexibility index (Phi) is 2.40. The summed E-state index contributed by atoms with van der Waals surface area (Å²) in [5, 5.41) is 2.70. The first-order chi connectivity index (χ1) is 8.62. The molecule has 1 aromatic rings. The molecule has 1 N–H and O–H groups in total. The molecular weight excluding hydrogens is 230 g/mol. The van der Waals surface area contributed by atoms with Crippen molar-refractivity contribution in [2.24, 2.45) is 0 Å². The predicted molar refractivity (Wildman–Crippen MR) is 65.6 cm³/mol. The Balaban J connectivity index is 2.14. The molecule has 94 valence electrons. The first-order valence-corrected chi connectivity index (χ1v) is 6.16. The predicted octanol–water partition coefficient (Wildman–Crippen LogP) is 1.10. The largest absolute Gasteiger partial charge is 0.493 e. The smallest absolute Gasteiger partial charge is 0.231 e. The monoisotopic (exact) mass is 245 g/mol. The number of carbonyl (C=O) groups excluding carboxylic acids is 2. The van der Waals surface area contributed by atoms with E-state index in [2.05, 4.69) is 5.32 Å². The van der Waals surface area contributed by atoms with Crippen LogP contribution in [0, 0.1) is 6.92 Å². The van der Waals surface area contributed by atoms with Crippen LogP contribution in [0.25, 0.3) is 0 Å². The summed E-state index contributed by atoms with van der Waals surface area (Å²) >= 11 is 0. The maximum Gasteiger partial charge on any atom is 0.231 e. The topological polar surface area (TPSA) is 55.4 Å². The summed E-state index contributed by atoms with van der Waals surface area (Å²) in [6.07, 6.45) is 0.860. The van der Waals surface area contributed by atoms with E-state index in [1.807, 2.05) is 25.1 Å². The number of ether oxygens (including phenoxy) is 1. The SMILES string of the molecule is Cc1ccc2c(c1)OCCC21CC(=O)CNC1=O. The average Bonchev–Trinajstić information content (AvgIpc) is 2.34. The van der Waals surface area contributed by atoms with E-state index in [0.29, 0.717) is 13.0 Å². The van der Waals surface area contributed by atoms with Crippen LogP contribution >= 0.6 is 0 Å². The van der Waals surface area contributed by atoms with Crippen LogP contribution in [0.4, 0.5) is 0 Å². The number of amides is 1. The van der Waals surface area contributed by atoms with Gasteiger partial charge in [0.25, 0.3) is 0 Å². The Hall–Kier alpha value is -1.84. The van der Waals surface area contributed by atoms with Gasteiger partial charge in [-0.3, -0.25) is 9.59 Å². The molecule has 1 fully saturated rings. The third kappa shape index (κ3) is 1.52. The molecule has 4 heteroatoms. The van der Waals surface area contributed by atoms with Crippen LogP contribution in [-0.2, 0) is 15.0 Å². The Morgan fingerprint density at radius 2 is 2.17 bits per heavy atom. The van der Waals surface area contributed by atoms with Crippen molar-refractivity contribution < 1.29 is 14.3 Å². The Labute approximate surface area is 105 Å². The van der Waals surface area contributed by atoms with E-state index in [1.54, 1.807) is 0 Å². The number of hydrogen-bond donors (Lipinski definition) is 1. The number of Topliss-reactive ketones (excluding diaryl/α,β-unsaturated/α-hetero) is 1. The third-order valence-electron chi connectivity index (χ3n) is 3.82. The maximum atomic E-state index is 12.2. The zero-order valence-electron chi connectivity index (χ0n) is 10.3. The highest BCUT2D eigenvalue weighted by molar-refractivity contribution is 6.01. The van der Waals surface area contributed by atoms with Crippen molar-refractivity contribution in [3.8, 4) is 5.75 Å². The summed E-state index contributed by atoms with van der Waals surface area (Å²) in [6.45, 7) is 2.62.